The quantitative estimate of drug-likeness (QED) is 0.817. The predicted octanol–water partition coefficient (Wildman–Crippen LogP) is 4.27. The summed E-state index contributed by atoms with van der Waals surface area (Å²) in [6.45, 7) is 9.25. The summed E-state index contributed by atoms with van der Waals surface area (Å²) in [6, 6.07) is 12.3. The van der Waals surface area contributed by atoms with Crippen LogP contribution in [0.4, 0.5) is 0 Å². The molecule has 0 radical (unpaired) electrons. The molecular weight excluding hydrogens is 234 g/mol. The molecule has 19 heavy (non-hydrogen) atoms. The Hall–Kier alpha value is -1.83. The molecule has 2 nitrogen and oxygen atoms in total. The lowest BCUT2D eigenvalue weighted by molar-refractivity contribution is 0.299. The molecule has 2 aromatic rings. The number of aromatic nitrogens is 1. The third-order valence-electron chi connectivity index (χ3n) is 3.14. The van der Waals surface area contributed by atoms with Crippen LogP contribution in [0.5, 0.6) is 5.75 Å². The number of rotatable bonds is 3. The van der Waals surface area contributed by atoms with E-state index in [0.29, 0.717) is 6.61 Å². The summed E-state index contributed by atoms with van der Waals surface area (Å²) >= 11 is 0. The van der Waals surface area contributed by atoms with Crippen LogP contribution in [0.15, 0.2) is 42.6 Å². The zero-order valence-corrected chi connectivity index (χ0v) is 12.1. The van der Waals surface area contributed by atoms with Crippen LogP contribution in [0.2, 0.25) is 0 Å². The fourth-order valence-electron chi connectivity index (χ4n) is 1.91. The van der Waals surface area contributed by atoms with Crippen LogP contribution < -0.4 is 4.74 Å². The zero-order chi connectivity index (χ0) is 13.9. The van der Waals surface area contributed by atoms with Gasteiger partial charge in [-0.25, -0.2) is 0 Å². The number of nitrogens with zero attached hydrogens (tertiary/aromatic N) is 1. The number of benzene rings is 1. The molecule has 0 fully saturated rings. The smallest absolute Gasteiger partial charge is 0.130 e. The van der Waals surface area contributed by atoms with Crippen molar-refractivity contribution in [1.29, 1.82) is 0 Å². The maximum Gasteiger partial charge on any atom is 0.130 e. The van der Waals surface area contributed by atoms with E-state index in [9.17, 15) is 0 Å². The fraction of sp³-hybridized carbons (Fsp3) is 0.353. The van der Waals surface area contributed by atoms with Gasteiger partial charge in [-0.2, -0.15) is 0 Å². The molecule has 0 amide bonds. The Labute approximate surface area is 115 Å². The first kappa shape index (κ1) is 13.6. The number of hydrogen-bond donors (Lipinski definition) is 0. The van der Waals surface area contributed by atoms with Gasteiger partial charge >= 0.3 is 0 Å². The zero-order valence-electron chi connectivity index (χ0n) is 12.1. The van der Waals surface area contributed by atoms with Crippen molar-refractivity contribution in [1.82, 2.24) is 4.98 Å². The van der Waals surface area contributed by atoms with Crippen LogP contribution in [0.25, 0.3) is 0 Å². The topological polar surface area (TPSA) is 22.1 Å². The highest BCUT2D eigenvalue weighted by molar-refractivity contribution is 5.38. The predicted molar refractivity (Wildman–Crippen MR) is 78.4 cm³/mol. The molecule has 0 bridgehead atoms. The average Bonchev–Trinajstić information content (AvgIpc) is 2.37. The van der Waals surface area contributed by atoms with Gasteiger partial charge in [-0.15, -0.1) is 0 Å². The lowest BCUT2D eigenvalue weighted by Crippen LogP contribution is -2.11. The van der Waals surface area contributed by atoms with Gasteiger partial charge in [0.15, 0.2) is 0 Å². The summed E-state index contributed by atoms with van der Waals surface area (Å²) in [5, 5.41) is 0. The first-order chi connectivity index (χ1) is 8.97. The molecule has 0 saturated heterocycles. The molecule has 0 aliphatic carbocycles. The van der Waals surface area contributed by atoms with Crippen LogP contribution in [-0.4, -0.2) is 4.98 Å². The highest BCUT2D eigenvalue weighted by atomic mass is 16.5. The maximum atomic E-state index is 5.83. The summed E-state index contributed by atoms with van der Waals surface area (Å²) in [6.07, 6.45) is 1.79. The van der Waals surface area contributed by atoms with Gasteiger partial charge in [0.1, 0.15) is 12.4 Å². The molecule has 2 heteroatoms. The molecule has 0 saturated carbocycles. The number of aryl methyl sites for hydroxylation is 1. The van der Waals surface area contributed by atoms with Gasteiger partial charge in [0.2, 0.25) is 0 Å². The van der Waals surface area contributed by atoms with Crippen LogP contribution in [0.1, 0.15) is 37.6 Å². The van der Waals surface area contributed by atoms with E-state index in [2.05, 4.69) is 50.9 Å². The molecule has 0 N–H and O–H groups in total. The Morgan fingerprint density at radius 1 is 1.11 bits per heavy atom. The number of hydrogen-bond acceptors (Lipinski definition) is 2. The minimum atomic E-state index is 0.171. The van der Waals surface area contributed by atoms with Gasteiger partial charge in [0.05, 0.1) is 5.69 Å². The Bertz CT molecular complexity index is 541. The van der Waals surface area contributed by atoms with Crippen molar-refractivity contribution in [3.8, 4) is 5.75 Å². The number of ether oxygens (including phenoxy) is 1. The lowest BCUT2D eigenvalue weighted by Gasteiger charge is -2.20. The third-order valence-corrected chi connectivity index (χ3v) is 3.14. The molecule has 100 valence electrons. The average molecular weight is 255 g/mol. The van der Waals surface area contributed by atoms with Crippen molar-refractivity contribution < 1.29 is 4.74 Å². The van der Waals surface area contributed by atoms with E-state index in [-0.39, 0.29) is 5.41 Å². The van der Waals surface area contributed by atoms with Crippen LogP contribution in [0, 0.1) is 6.92 Å². The molecule has 0 atom stereocenters. The molecule has 0 aliphatic rings. The molecule has 0 unspecified atom stereocenters. The molecular formula is C17H21NO. The monoisotopic (exact) mass is 255 g/mol. The van der Waals surface area contributed by atoms with Gasteiger partial charge in [0, 0.05) is 6.20 Å². The second-order valence-electron chi connectivity index (χ2n) is 5.84. The van der Waals surface area contributed by atoms with E-state index in [1.165, 1.54) is 11.1 Å². The van der Waals surface area contributed by atoms with E-state index >= 15 is 0 Å². The van der Waals surface area contributed by atoms with Gasteiger partial charge in [-0.3, -0.25) is 4.98 Å². The van der Waals surface area contributed by atoms with Gasteiger partial charge in [-0.1, -0.05) is 39.0 Å². The SMILES string of the molecule is Cc1cc(C(C)(C)C)ccc1OCc1ccccn1. The van der Waals surface area contributed by atoms with Crippen molar-refractivity contribution >= 4 is 0 Å². The first-order valence-electron chi connectivity index (χ1n) is 6.60. The lowest BCUT2D eigenvalue weighted by atomic mass is 9.86. The van der Waals surface area contributed by atoms with Crippen LogP contribution in [0.3, 0.4) is 0 Å². The Kier molecular flexibility index (Phi) is 3.89. The van der Waals surface area contributed by atoms with E-state index in [1.807, 2.05) is 18.2 Å². The Balaban J connectivity index is 2.10. The minimum absolute atomic E-state index is 0.171. The third kappa shape index (κ3) is 3.57. The highest BCUT2D eigenvalue weighted by Gasteiger charge is 2.14. The van der Waals surface area contributed by atoms with Gasteiger partial charge < -0.3 is 4.74 Å². The van der Waals surface area contributed by atoms with E-state index in [4.69, 9.17) is 4.74 Å². The van der Waals surface area contributed by atoms with Crippen molar-refractivity contribution in [3.05, 3.63) is 59.4 Å². The van der Waals surface area contributed by atoms with E-state index in [1.54, 1.807) is 6.20 Å². The summed E-state index contributed by atoms with van der Waals surface area (Å²) < 4.78 is 5.83. The summed E-state index contributed by atoms with van der Waals surface area (Å²) in [7, 11) is 0. The highest BCUT2D eigenvalue weighted by Crippen LogP contribution is 2.27. The Morgan fingerprint density at radius 2 is 1.89 bits per heavy atom. The van der Waals surface area contributed by atoms with Crippen molar-refractivity contribution in [2.75, 3.05) is 0 Å². The molecule has 1 aromatic carbocycles. The molecule has 1 aromatic heterocycles. The largest absolute Gasteiger partial charge is 0.487 e. The molecule has 0 aliphatic heterocycles. The van der Waals surface area contributed by atoms with Crippen molar-refractivity contribution in [3.63, 3.8) is 0 Å². The second-order valence-corrected chi connectivity index (χ2v) is 5.84. The van der Waals surface area contributed by atoms with Crippen LogP contribution in [-0.2, 0) is 12.0 Å². The second kappa shape index (κ2) is 5.43. The summed E-state index contributed by atoms with van der Waals surface area (Å²) in [4.78, 5) is 4.26. The first-order valence-corrected chi connectivity index (χ1v) is 6.60. The van der Waals surface area contributed by atoms with Crippen LogP contribution >= 0.6 is 0 Å². The van der Waals surface area contributed by atoms with Gasteiger partial charge in [0.25, 0.3) is 0 Å². The number of pyridine rings is 1. The van der Waals surface area contributed by atoms with Crippen molar-refractivity contribution in [2.45, 2.75) is 39.7 Å². The van der Waals surface area contributed by atoms with Crippen molar-refractivity contribution in [2.24, 2.45) is 0 Å². The standard InChI is InChI=1S/C17H21NO/c1-13-11-14(17(2,3)4)8-9-16(13)19-12-15-7-5-6-10-18-15/h5-11H,12H2,1-4H3. The minimum Gasteiger partial charge on any atom is -0.487 e. The van der Waals surface area contributed by atoms with Gasteiger partial charge in [-0.05, 0) is 41.7 Å². The Morgan fingerprint density at radius 3 is 2.47 bits per heavy atom. The van der Waals surface area contributed by atoms with E-state index in [0.717, 1.165) is 11.4 Å². The fourth-order valence-corrected chi connectivity index (χ4v) is 1.91. The summed E-state index contributed by atoms with van der Waals surface area (Å²) in [5.41, 5.74) is 3.62. The summed E-state index contributed by atoms with van der Waals surface area (Å²) in [5.74, 6) is 0.929. The van der Waals surface area contributed by atoms with E-state index < -0.39 is 0 Å². The molecule has 1 heterocycles. The normalized spacial score (nSPS) is 11.4. The molecule has 0 spiro atoms. The maximum absolute atomic E-state index is 5.83. The molecule has 2 rings (SSSR count).